The van der Waals surface area contributed by atoms with E-state index in [9.17, 15) is 0 Å². The van der Waals surface area contributed by atoms with Crippen molar-refractivity contribution in [3.8, 4) is 11.3 Å². The first-order valence-electron chi connectivity index (χ1n) is 6.44. The summed E-state index contributed by atoms with van der Waals surface area (Å²) in [6, 6.07) is 12.3. The molecule has 0 saturated carbocycles. The van der Waals surface area contributed by atoms with E-state index in [0.29, 0.717) is 6.61 Å². The topological polar surface area (TPSA) is 30.3 Å². The number of nitrogens with zero attached hydrogens (tertiary/aromatic N) is 3. The van der Waals surface area contributed by atoms with E-state index in [-0.39, 0.29) is 6.23 Å². The molecule has 2 rings (SSSR count). The highest BCUT2D eigenvalue weighted by atomic mass is 16.5. The summed E-state index contributed by atoms with van der Waals surface area (Å²) in [5.41, 5.74) is 3.19. The van der Waals surface area contributed by atoms with Crippen LogP contribution in [0.25, 0.3) is 11.3 Å². The van der Waals surface area contributed by atoms with Crippen molar-refractivity contribution in [2.45, 2.75) is 19.8 Å². The van der Waals surface area contributed by atoms with E-state index < -0.39 is 0 Å². The summed E-state index contributed by atoms with van der Waals surface area (Å²) >= 11 is 0. The minimum atomic E-state index is 0.0927. The van der Waals surface area contributed by atoms with Crippen molar-refractivity contribution in [1.82, 2.24) is 14.7 Å². The number of hydrogen-bond donors (Lipinski definition) is 0. The first-order valence-corrected chi connectivity index (χ1v) is 6.44. The van der Waals surface area contributed by atoms with Crippen LogP contribution in [0.2, 0.25) is 0 Å². The van der Waals surface area contributed by atoms with Gasteiger partial charge in [0.2, 0.25) is 0 Å². The molecule has 1 heterocycles. The fourth-order valence-electron chi connectivity index (χ4n) is 1.75. The first-order chi connectivity index (χ1) is 9.08. The molecule has 1 aromatic heterocycles. The van der Waals surface area contributed by atoms with Crippen LogP contribution in [0.4, 0.5) is 0 Å². The van der Waals surface area contributed by atoms with Gasteiger partial charge in [0.15, 0.2) is 0 Å². The third-order valence-electron chi connectivity index (χ3n) is 3.25. The Hall–Kier alpha value is -1.65. The van der Waals surface area contributed by atoms with E-state index in [0.717, 1.165) is 17.0 Å². The Balaban J connectivity index is 2.09. The van der Waals surface area contributed by atoms with Crippen LogP contribution in [0.3, 0.4) is 0 Å². The minimum Gasteiger partial charge on any atom is -0.357 e. The zero-order valence-electron chi connectivity index (χ0n) is 12.0. The van der Waals surface area contributed by atoms with Crippen LogP contribution in [-0.2, 0) is 18.4 Å². The second-order valence-electron chi connectivity index (χ2n) is 4.88. The van der Waals surface area contributed by atoms with Gasteiger partial charge in [-0.25, -0.2) is 0 Å². The Morgan fingerprint density at radius 1 is 1.26 bits per heavy atom. The highest BCUT2D eigenvalue weighted by Crippen LogP contribution is 2.18. The van der Waals surface area contributed by atoms with Crippen LogP contribution in [0, 0.1) is 0 Å². The standard InChI is InChI=1S/C15H21N3O/c1-12(17(2)3)19-11-14-10-15(16-18(14)4)13-8-6-5-7-9-13/h5-10,12H,11H2,1-4H3. The molecule has 0 fully saturated rings. The van der Waals surface area contributed by atoms with Crippen molar-refractivity contribution in [3.05, 3.63) is 42.1 Å². The molecule has 0 aliphatic carbocycles. The molecule has 2 aromatic rings. The van der Waals surface area contributed by atoms with Crippen molar-refractivity contribution in [3.63, 3.8) is 0 Å². The zero-order valence-corrected chi connectivity index (χ0v) is 12.0. The SMILES string of the molecule is CC(OCc1cc(-c2ccccc2)nn1C)N(C)C. The highest BCUT2D eigenvalue weighted by Gasteiger charge is 2.10. The number of benzene rings is 1. The molecule has 4 heteroatoms. The summed E-state index contributed by atoms with van der Waals surface area (Å²) in [7, 11) is 5.96. The monoisotopic (exact) mass is 259 g/mol. The van der Waals surface area contributed by atoms with Gasteiger partial charge in [0.05, 0.1) is 18.0 Å². The maximum atomic E-state index is 5.78. The Bertz CT molecular complexity index is 519. The van der Waals surface area contributed by atoms with Gasteiger partial charge >= 0.3 is 0 Å². The number of aryl methyl sites for hydroxylation is 1. The van der Waals surface area contributed by atoms with Crippen LogP contribution < -0.4 is 0 Å². The molecule has 0 radical (unpaired) electrons. The molecule has 0 amide bonds. The minimum absolute atomic E-state index is 0.0927. The lowest BCUT2D eigenvalue weighted by atomic mass is 10.1. The van der Waals surface area contributed by atoms with Crippen molar-refractivity contribution < 1.29 is 4.74 Å². The Morgan fingerprint density at radius 2 is 1.95 bits per heavy atom. The van der Waals surface area contributed by atoms with E-state index in [4.69, 9.17) is 4.74 Å². The van der Waals surface area contributed by atoms with Crippen LogP contribution in [-0.4, -0.2) is 35.0 Å². The van der Waals surface area contributed by atoms with E-state index >= 15 is 0 Å². The van der Waals surface area contributed by atoms with Gasteiger partial charge in [-0.3, -0.25) is 9.58 Å². The van der Waals surface area contributed by atoms with Crippen molar-refractivity contribution in [2.24, 2.45) is 7.05 Å². The Labute approximate surface area is 114 Å². The summed E-state index contributed by atoms with van der Waals surface area (Å²) in [4.78, 5) is 2.04. The smallest absolute Gasteiger partial charge is 0.107 e. The average Bonchev–Trinajstić information content (AvgIpc) is 2.78. The molecule has 1 aromatic carbocycles. The molecule has 4 nitrogen and oxygen atoms in total. The molecule has 0 bridgehead atoms. The average molecular weight is 259 g/mol. The number of ether oxygens (including phenoxy) is 1. The zero-order chi connectivity index (χ0) is 13.8. The largest absolute Gasteiger partial charge is 0.357 e. The predicted octanol–water partition coefficient (Wildman–Crippen LogP) is 2.51. The summed E-state index contributed by atoms with van der Waals surface area (Å²) in [5, 5.41) is 4.53. The highest BCUT2D eigenvalue weighted by molar-refractivity contribution is 5.58. The van der Waals surface area contributed by atoms with Gasteiger partial charge < -0.3 is 4.74 Å². The van der Waals surface area contributed by atoms with Crippen molar-refractivity contribution in [2.75, 3.05) is 14.1 Å². The van der Waals surface area contributed by atoms with E-state index in [1.54, 1.807) is 0 Å². The van der Waals surface area contributed by atoms with Gasteiger partial charge in [0, 0.05) is 12.6 Å². The van der Waals surface area contributed by atoms with Crippen LogP contribution in [0.5, 0.6) is 0 Å². The molecular formula is C15H21N3O. The Kier molecular flexibility index (Phi) is 4.35. The van der Waals surface area contributed by atoms with Crippen LogP contribution in [0.15, 0.2) is 36.4 Å². The molecule has 0 aliphatic heterocycles. The van der Waals surface area contributed by atoms with Gasteiger partial charge in [-0.2, -0.15) is 5.10 Å². The summed E-state index contributed by atoms with van der Waals surface area (Å²) in [6.45, 7) is 2.60. The lowest BCUT2D eigenvalue weighted by molar-refractivity contribution is -0.0351. The van der Waals surface area contributed by atoms with Gasteiger partial charge in [0.1, 0.15) is 6.23 Å². The summed E-state index contributed by atoms with van der Waals surface area (Å²) < 4.78 is 7.66. The van der Waals surface area contributed by atoms with E-state index in [2.05, 4.69) is 23.3 Å². The predicted molar refractivity (Wildman–Crippen MR) is 76.6 cm³/mol. The third-order valence-corrected chi connectivity index (χ3v) is 3.25. The summed E-state index contributed by atoms with van der Waals surface area (Å²) in [6.07, 6.45) is 0.0927. The maximum Gasteiger partial charge on any atom is 0.107 e. The van der Waals surface area contributed by atoms with Gasteiger partial charge in [-0.05, 0) is 27.1 Å². The second-order valence-corrected chi connectivity index (χ2v) is 4.88. The van der Waals surface area contributed by atoms with Crippen molar-refractivity contribution in [1.29, 1.82) is 0 Å². The fraction of sp³-hybridized carbons (Fsp3) is 0.400. The second kappa shape index (κ2) is 5.99. The molecule has 102 valence electrons. The van der Waals surface area contributed by atoms with Crippen LogP contribution in [0.1, 0.15) is 12.6 Å². The normalized spacial score (nSPS) is 12.9. The molecule has 0 spiro atoms. The first kappa shape index (κ1) is 13.8. The number of hydrogen-bond acceptors (Lipinski definition) is 3. The fourth-order valence-corrected chi connectivity index (χ4v) is 1.75. The molecule has 0 N–H and O–H groups in total. The number of aromatic nitrogens is 2. The van der Waals surface area contributed by atoms with Gasteiger partial charge in [-0.1, -0.05) is 30.3 Å². The van der Waals surface area contributed by atoms with Crippen LogP contribution >= 0.6 is 0 Å². The summed E-state index contributed by atoms with van der Waals surface area (Å²) in [5.74, 6) is 0. The quantitative estimate of drug-likeness (QED) is 0.773. The lowest BCUT2D eigenvalue weighted by Gasteiger charge is -2.19. The maximum absolute atomic E-state index is 5.78. The van der Waals surface area contributed by atoms with E-state index in [1.165, 1.54) is 0 Å². The molecule has 0 saturated heterocycles. The van der Waals surface area contributed by atoms with E-state index in [1.807, 2.05) is 55.8 Å². The molecule has 1 unspecified atom stereocenters. The number of rotatable bonds is 5. The Morgan fingerprint density at radius 3 is 2.58 bits per heavy atom. The molecular weight excluding hydrogens is 238 g/mol. The lowest BCUT2D eigenvalue weighted by Crippen LogP contribution is -2.27. The van der Waals surface area contributed by atoms with Crippen molar-refractivity contribution >= 4 is 0 Å². The van der Waals surface area contributed by atoms with Gasteiger partial charge in [0.25, 0.3) is 0 Å². The van der Waals surface area contributed by atoms with Gasteiger partial charge in [-0.15, -0.1) is 0 Å². The molecule has 0 aliphatic rings. The molecule has 19 heavy (non-hydrogen) atoms. The third kappa shape index (κ3) is 3.43. The molecule has 1 atom stereocenters.